The molecule has 4 saturated heterocycles. The fourth-order valence-corrected chi connectivity index (χ4v) is 7.63. The zero-order valence-corrected chi connectivity index (χ0v) is 18.1. The summed E-state index contributed by atoms with van der Waals surface area (Å²) in [6.07, 6.45) is 0.265. The van der Waals surface area contributed by atoms with Crippen molar-refractivity contribution in [2.24, 2.45) is 11.3 Å². The third-order valence-electron chi connectivity index (χ3n) is 7.38. The maximum Gasteiger partial charge on any atom is 0.337 e. The Labute approximate surface area is 179 Å². The van der Waals surface area contributed by atoms with E-state index in [2.05, 4.69) is 0 Å². The van der Waals surface area contributed by atoms with Gasteiger partial charge in [-0.1, -0.05) is 12.1 Å². The smallest absolute Gasteiger partial charge is 0.337 e. The van der Waals surface area contributed by atoms with Crippen molar-refractivity contribution in [3.05, 3.63) is 35.4 Å². The summed E-state index contributed by atoms with van der Waals surface area (Å²) in [6, 6.07) is 7.56. The van der Waals surface area contributed by atoms with E-state index < -0.39 is 17.3 Å². The van der Waals surface area contributed by atoms with Crippen molar-refractivity contribution < 1.29 is 33.3 Å². The molecule has 1 aromatic rings. The fourth-order valence-electron chi connectivity index (χ4n) is 6.14. The summed E-state index contributed by atoms with van der Waals surface area (Å²) in [4.78, 5) is 23.5. The van der Waals surface area contributed by atoms with E-state index in [9.17, 15) is 9.59 Å². The first-order valence-electron chi connectivity index (χ1n) is 10.2. The van der Waals surface area contributed by atoms with Crippen LogP contribution >= 0.6 is 11.8 Å². The maximum atomic E-state index is 11.8. The van der Waals surface area contributed by atoms with Gasteiger partial charge in [0.2, 0.25) is 0 Å². The Morgan fingerprint density at radius 1 is 1.23 bits per heavy atom. The molecule has 5 rings (SSSR count). The van der Waals surface area contributed by atoms with E-state index >= 15 is 0 Å². The predicted molar refractivity (Wildman–Crippen MR) is 108 cm³/mol. The van der Waals surface area contributed by atoms with E-state index in [0.29, 0.717) is 12.2 Å². The summed E-state index contributed by atoms with van der Waals surface area (Å²) in [7, 11) is 3.04. The van der Waals surface area contributed by atoms with E-state index in [1.165, 1.54) is 14.0 Å². The molecule has 0 aromatic heterocycles. The van der Waals surface area contributed by atoms with Gasteiger partial charge in [-0.2, -0.15) is 11.8 Å². The van der Waals surface area contributed by atoms with Crippen LogP contribution in [0.25, 0.3) is 0 Å². The lowest BCUT2D eigenvalue weighted by atomic mass is 9.55. The van der Waals surface area contributed by atoms with Crippen LogP contribution in [0.15, 0.2) is 24.3 Å². The second-order valence-electron chi connectivity index (χ2n) is 8.59. The van der Waals surface area contributed by atoms with Gasteiger partial charge in [-0.3, -0.25) is 4.79 Å². The first-order valence-corrected chi connectivity index (χ1v) is 11.4. The van der Waals surface area contributed by atoms with Crippen LogP contribution in [-0.4, -0.2) is 68.4 Å². The zero-order chi connectivity index (χ0) is 21.1. The Morgan fingerprint density at radius 2 is 2.00 bits per heavy atom. The van der Waals surface area contributed by atoms with Gasteiger partial charge in [0.25, 0.3) is 0 Å². The number of esters is 2. The summed E-state index contributed by atoms with van der Waals surface area (Å²) >= 11 is 1.83. The van der Waals surface area contributed by atoms with Gasteiger partial charge in [0.05, 0.1) is 41.8 Å². The quantitative estimate of drug-likeness (QED) is 0.654. The molecular weight excluding hydrogens is 408 g/mol. The minimum atomic E-state index is -0.426. The monoisotopic (exact) mass is 434 g/mol. The number of ether oxygens (including phenoxy) is 5. The second kappa shape index (κ2) is 7.22. The molecule has 1 aromatic carbocycles. The van der Waals surface area contributed by atoms with E-state index in [0.717, 1.165) is 23.5 Å². The van der Waals surface area contributed by atoms with Gasteiger partial charge in [0.1, 0.15) is 6.61 Å². The molecule has 4 heterocycles. The zero-order valence-electron chi connectivity index (χ0n) is 17.3. The molecule has 1 spiro atoms. The van der Waals surface area contributed by atoms with E-state index in [4.69, 9.17) is 23.7 Å². The van der Waals surface area contributed by atoms with E-state index in [-0.39, 0.29) is 36.0 Å². The van der Waals surface area contributed by atoms with Gasteiger partial charge >= 0.3 is 11.9 Å². The molecule has 8 heteroatoms. The number of rotatable bonds is 5. The molecule has 4 fully saturated rings. The van der Waals surface area contributed by atoms with Crippen LogP contribution in [0.5, 0.6) is 0 Å². The summed E-state index contributed by atoms with van der Waals surface area (Å²) in [5.74, 6) is 1.18. The average Bonchev–Trinajstić information content (AvgIpc) is 3.39. The molecule has 2 bridgehead atoms. The molecule has 7 atom stereocenters. The van der Waals surface area contributed by atoms with Gasteiger partial charge in [-0.15, -0.1) is 0 Å². The Kier molecular flexibility index (Phi) is 4.89. The minimum absolute atomic E-state index is 0.0215. The van der Waals surface area contributed by atoms with Crippen molar-refractivity contribution in [2.45, 2.75) is 43.4 Å². The topological polar surface area (TPSA) is 80.3 Å². The average molecular weight is 435 g/mol. The molecule has 0 unspecified atom stereocenters. The highest BCUT2D eigenvalue weighted by atomic mass is 32.2. The van der Waals surface area contributed by atoms with Gasteiger partial charge in [-0.25, -0.2) is 4.79 Å². The summed E-state index contributed by atoms with van der Waals surface area (Å²) in [5.41, 5.74) is 0.835. The lowest BCUT2D eigenvalue weighted by molar-refractivity contribution is -0.165. The number of thioether (sulfide) groups is 1. The first-order chi connectivity index (χ1) is 14.5. The van der Waals surface area contributed by atoms with Crippen molar-refractivity contribution in [3.8, 4) is 0 Å². The summed E-state index contributed by atoms with van der Waals surface area (Å²) in [6.45, 7) is 1.74. The number of carbonyl (C=O) groups is 2. The normalized spacial score (nSPS) is 40.8. The molecule has 30 heavy (non-hydrogen) atoms. The first kappa shape index (κ1) is 20.3. The number of benzene rings is 1. The second-order valence-corrected chi connectivity index (χ2v) is 9.62. The summed E-state index contributed by atoms with van der Waals surface area (Å²) < 4.78 is 29.2. The molecule has 0 saturated carbocycles. The van der Waals surface area contributed by atoms with Crippen molar-refractivity contribution >= 4 is 23.7 Å². The van der Waals surface area contributed by atoms with E-state index in [1.54, 1.807) is 19.2 Å². The van der Waals surface area contributed by atoms with Gasteiger partial charge in [0.15, 0.2) is 6.29 Å². The van der Waals surface area contributed by atoms with Crippen molar-refractivity contribution in [2.75, 3.05) is 32.3 Å². The molecule has 4 aliphatic rings. The van der Waals surface area contributed by atoms with Gasteiger partial charge in [-0.05, 0) is 24.1 Å². The number of fused-ring (bicyclic) bond motifs is 2. The maximum absolute atomic E-state index is 11.8. The highest BCUT2D eigenvalue weighted by Crippen LogP contribution is 2.71. The fraction of sp³-hybridized carbons (Fsp3) is 0.636. The van der Waals surface area contributed by atoms with Crippen molar-refractivity contribution in [1.29, 1.82) is 0 Å². The van der Waals surface area contributed by atoms with Crippen molar-refractivity contribution in [3.63, 3.8) is 0 Å². The number of methoxy groups -OCH3 is 2. The van der Waals surface area contributed by atoms with Gasteiger partial charge < -0.3 is 23.7 Å². The molecule has 0 N–H and O–H groups in total. The third-order valence-corrected chi connectivity index (χ3v) is 8.59. The molecule has 0 amide bonds. The Balaban J connectivity index is 1.51. The molecular formula is C22H26O7S. The van der Waals surface area contributed by atoms with Crippen LogP contribution in [0, 0.1) is 11.3 Å². The van der Waals surface area contributed by atoms with Gasteiger partial charge in [0, 0.05) is 31.5 Å². The van der Waals surface area contributed by atoms with Crippen LogP contribution in [0.1, 0.15) is 35.2 Å². The highest BCUT2D eigenvalue weighted by Gasteiger charge is 2.80. The van der Waals surface area contributed by atoms with Crippen LogP contribution in [-0.2, 0) is 28.5 Å². The van der Waals surface area contributed by atoms with Crippen LogP contribution < -0.4 is 0 Å². The Hall–Kier alpha value is -1.61. The Bertz CT molecular complexity index is 858. The number of carbonyl (C=O) groups excluding carboxylic acids is 2. The molecule has 0 aliphatic carbocycles. The third kappa shape index (κ3) is 2.63. The number of hydrogen-bond acceptors (Lipinski definition) is 8. The SMILES string of the molecule is COC(=O)c1ccc([C@H]2C[C@@]34CSC[C@H]5O[C@H](OC)[C@@H]([C@H]2O3)[C@]54COC(C)=O)cc1. The molecule has 7 nitrogen and oxygen atoms in total. The predicted octanol–water partition coefficient (Wildman–Crippen LogP) is 2.38. The van der Waals surface area contributed by atoms with Crippen molar-refractivity contribution in [1.82, 2.24) is 0 Å². The highest BCUT2D eigenvalue weighted by molar-refractivity contribution is 7.99. The van der Waals surface area contributed by atoms with Crippen LogP contribution in [0.2, 0.25) is 0 Å². The number of hydrogen-bond donors (Lipinski definition) is 0. The lowest BCUT2D eigenvalue weighted by Gasteiger charge is -2.50. The molecule has 4 aliphatic heterocycles. The van der Waals surface area contributed by atoms with Crippen LogP contribution in [0.3, 0.4) is 0 Å². The molecule has 0 radical (unpaired) electrons. The minimum Gasteiger partial charge on any atom is -0.465 e. The van der Waals surface area contributed by atoms with Crippen LogP contribution in [0.4, 0.5) is 0 Å². The van der Waals surface area contributed by atoms with E-state index in [1.807, 2.05) is 23.9 Å². The lowest BCUT2D eigenvalue weighted by Crippen LogP contribution is -2.62. The molecule has 162 valence electrons. The Morgan fingerprint density at radius 3 is 2.67 bits per heavy atom. The summed E-state index contributed by atoms with van der Waals surface area (Å²) in [5, 5.41) is 0. The standard InChI is InChI=1S/C22H26O7S/c1-12(23)27-10-22-16-9-30-11-21(22)8-15(18(29-21)17(22)20(26-3)28-16)13-4-6-14(7-5-13)19(24)25-2/h4-7,15-18,20H,8-11H2,1-3H3/t15-,16-,17-,18+,20+,21+,22+/m1/s1. The largest absolute Gasteiger partial charge is 0.465 e.